The average Bonchev–Trinajstić information content (AvgIpc) is 2.71. The second-order valence-corrected chi connectivity index (χ2v) is 5.56. The molecule has 2 fully saturated rings. The Balaban J connectivity index is 1.84. The van der Waals surface area contributed by atoms with Crippen LogP contribution in [0.15, 0.2) is 22.7 Å². The maximum atomic E-state index is 13.4. The molecule has 18 heavy (non-hydrogen) atoms. The third-order valence-electron chi connectivity index (χ3n) is 3.51. The van der Waals surface area contributed by atoms with Gasteiger partial charge in [-0.1, -0.05) is 6.07 Å². The van der Waals surface area contributed by atoms with E-state index >= 15 is 0 Å². The Hall–Kier alpha value is -0.940. The lowest BCUT2D eigenvalue weighted by atomic mass is 10.1. The van der Waals surface area contributed by atoms with Crippen LogP contribution in [0.4, 0.5) is 4.39 Å². The average molecular weight is 314 g/mol. The van der Waals surface area contributed by atoms with Gasteiger partial charge in [0.25, 0.3) is 5.91 Å². The third kappa shape index (κ3) is 2.06. The largest absolute Gasteiger partial charge is 0.371 e. The Bertz CT molecular complexity index is 482. The molecule has 0 aliphatic carbocycles. The van der Waals surface area contributed by atoms with Gasteiger partial charge in [-0.15, -0.1) is 0 Å². The molecular formula is C13H13BrFNO2. The number of hydrogen-bond acceptors (Lipinski definition) is 2. The van der Waals surface area contributed by atoms with Crippen molar-refractivity contribution in [3.05, 3.63) is 34.1 Å². The zero-order valence-electron chi connectivity index (χ0n) is 9.73. The monoisotopic (exact) mass is 313 g/mol. The number of hydrogen-bond donors (Lipinski definition) is 0. The summed E-state index contributed by atoms with van der Waals surface area (Å²) < 4.78 is 19.4. The second kappa shape index (κ2) is 4.63. The topological polar surface area (TPSA) is 29.5 Å². The maximum Gasteiger partial charge on any atom is 0.255 e. The van der Waals surface area contributed by atoms with Crippen molar-refractivity contribution in [3.63, 3.8) is 0 Å². The molecule has 2 aliphatic heterocycles. The van der Waals surface area contributed by atoms with E-state index in [1.807, 2.05) is 0 Å². The Labute approximate surface area is 113 Å². The van der Waals surface area contributed by atoms with E-state index in [2.05, 4.69) is 15.9 Å². The molecule has 0 radical (unpaired) electrons. The van der Waals surface area contributed by atoms with E-state index in [0.717, 1.165) is 12.8 Å². The van der Waals surface area contributed by atoms with Crippen molar-refractivity contribution in [1.82, 2.24) is 4.90 Å². The van der Waals surface area contributed by atoms with Crippen molar-refractivity contribution in [2.24, 2.45) is 0 Å². The van der Waals surface area contributed by atoms with E-state index < -0.39 is 5.82 Å². The molecule has 0 N–H and O–H groups in total. The molecule has 2 unspecified atom stereocenters. The minimum atomic E-state index is -0.405. The molecule has 2 aliphatic rings. The molecule has 2 atom stereocenters. The highest BCUT2D eigenvalue weighted by atomic mass is 79.9. The second-order valence-electron chi connectivity index (χ2n) is 4.77. The van der Waals surface area contributed by atoms with Gasteiger partial charge in [0.15, 0.2) is 0 Å². The van der Waals surface area contributed by atoms with Gasteiger partial charge in [-0.05, 0) is 40.9 Å². The van der Waals surface area contributed by atoms with Crippen molar-refractivity contribution in [3.8, 4) is 0 Å². The zero-order chi connectivity index (χ0) is 12.7. The lowest BCUT2D eigenvalue weighted by Crippen LogP contribution is -2.45. The molecule has 2 heterocycles. The van der Waals surface area contributed by atoms with E-state index in [4.69, 9.17) is 4.74 Å². The fourth-order valence-corrected chi connectivity index (χ4v) is 3.05. The number of benzene rings is 1. The SMILES string of the molecule is O=C(c1cccc(F)c1Br)N1CC2CCC(C1)O2. The van der Waals surface area contributed by atoms with Crippen LogP contribution in [0.25, 0.3) is 0 Å². The number of halogens is 2. The number of rotatable bonds is 1. The zero-order valence-corrected chi connectivity index (χ0v) is 11.3. The molecule has 96 valence electrons. The summed E-state index contributed by atoms with van der Waals surface area (Å²) in [5, 5.41) is 0. The smallest absolute Gasteiger partial charge is 0.255 e. The summed E-state index contributed by atoms with van der Waals surface area (Å²) in [6.45, 7) is 1.22. The summed E-state index contributed by atoms with van der Waals surface area (Å²) in [5.41, 5.74) is 0.385. The Morgan fingerprint density at radius 3 is 2.67 bits per heavy atom. The fourth-order valence-electron chi connectivity index (χ4n) is 2.62. The minimum absolute atomic E-state index is 0.124. The highest BCUT2D eigenvalue weighted by Crippen LogP contribution is 2.29. The predicted octanol–water partition coefficient (Wildman–Crippen LogP) is 2.59. The first-order valence-electron chi connectivity index (χ1n) is 6.04. The molecule has 3 nitrogen and oxygen atoms in total. The predicted molar refractivity (Wildman–Crippen MR) is 67.9 cm³/mol. The number of nitrogens with zero attached hydrogens (tertiary/aromatic N) is 1. The first-order chi connectivity index (χ1) is 8.65. The summed E-state index contributed by atoms with van der Waals surface area (Å²) in [5.74, 6) is -0.529. The van der Waals surface area contributed by atoms with Gasteiger partial charge in [-0.3, -0.25) is 4.79 Å². The van der Waals surface area contributed by atoms with Crippen LogP contribution in [-0.2, 0) is 4.74 Å². The Morgan fingerprint density at radius 1 is 1.33 bits per heavy atom. The molecule has 2 saturated heterocycles. The van der Waals surface area contributed by atoms with E-state index in [1.54, 1.807) is 17.0 Å². The van der Waals surface area contributed by atoms with E-state index in [1.165, 1.54) is 6.07 Å². The van der Waals surface area contributed by atoms with Crippen LogP contribution in [0.1, 0.15) is 23.2 Å². The van der Waals surface area contributed by atoms with Crippen molar-refractivity contribution in [2.75, 3.05) is 13.1 Å². The maximum absolute atomic E-state index is 13.4. The molecule has 0 spiro atoms. The first-order valence-corrected chi connectivity index (χ1v) is 6.83. The number of carbonyl (C=O) groups excluding carboxylic acids is 1. The highest BCUT2D eigenvalue weighted by Gasteiger charge is 2.36. The number of amides is 1. The van der Waals surface area contributed by atoms with Gasteiger partial charge in [-0.25, -0.2) is 4.39 Å². The lowest BCUT2D eigenvalue weighted by molar-refractivity contribution is -0.0303. The van der Waals surface area contributed by atoms with E-state index in [0.29, 0.717) is 18.7 Å². The molecule has 3 rings (SSSR count). The summed E-state index contributed by atoms with van der Waals surface area (Å²) in [7, 11) is 0. The molecular weight excluding hydrogens is 301 g/mol. The van der Waals surface area contributed by atoms with Gasteiger partial charge in [0.2, 0.25) is 0 Å². The molecule has 1 amide bonds. The van der Waals surface area contributed by atoms with Gasteiger partial charge in [0.05, 0.1) is 22.2 Å². The lowest BCUT2D eigenvalue weighted by Gasteiger charge is -2.32. The van der Waals surface area contributed by atoms with Gasteiger partial charge in [0.1, 0.15) is 5.82 Å². The van der Waals surface area contributed by atoms with Gasteiger partial charge < -0.3 is 9.64 Å². The van der Waals surface area contributed by atoms with Crippen LogP contribution in [0.5, 0.6) is 0 Å². The van der Waals surface area contributed by atoms with E-state index in [-0.39, 0.29) is 22.6 Å². The standard InChI is InChI=1S/C13H13BrFNO2/c14-12-10(2-1-3-11(12)15)13(17)16-6-8-4-5-9(7-16)18-8/h1-3,8-9H,4-7H2. The molecule has 1 aromatic rings. The van der Waals surface area contributed by atoms with Crippen LogP contribution in [-0.4, -0.2) is 36.1 Å². The summed E-state index contributed by atoms with van der Waals surface area (Å²) in [6, 6.07) is 4.54. The summed E-state index contributed by atoms with van der Waals surface area (Å²) >= 11 is 3.14. The van der Waals surface area contributed by atoms with Crippen LogP contribution in [0.2, 0.25) is 0 Å². The third-order valence-corrected chi connectivity index (χ3v) is 4.32. The van der Waals surface area contributed by atoms with E-state index in [9.17, 15) is 9.18 Å². The number of likely N-dealkylation sites (tertiary alicyclic amines) is 1. The van der Waals surface area contributed by atoms with Gasteiger partial charge in [0, 0.05) is 13.1 Å². The molecule has 0 aromatic heterocycles. The van der Waals surface area contributed by atoms with Crippen molar-refractivity contribution in [1.29, 1.82) is 0 Å². The quantitative estimate of drug-likeness (QED) is 0.797. The van der Waals surface area contributed by atoms with Crippen LogP contribution in [0.3, 0.4) is 0 Å². The fraction of sp³-hybridized carbons (Fsp3) is 0.462. The summed E-state index contributed by atoms with van der Waals surface area (Å²) in [4.78, 5) is 14.1. The Kier molecular flexibility index (Phi) is 3.11. The summed E-state index contributed by atoms with van der Waals surface area (Å²) in [6.07, 6.45) is 2.33. The van der Waals surface area contributed by atoms with Gasteiger partial charge in [-0.2, -0.15) is 0 Å². The number of ether oxygens (including phenoxy) is 1. The Morgan fingerprint density at radius 2 is 2.00 bits per heavy atom. The van der Waals surface area contributed by atoms with Crippen LogP contribution >= 0.6 is 15.9 Å². The molecule has 1 aromatic carbocycles. The number of fused-ring (bicyclic) bond motifs is 2. The number of carbonyl (C=O) groups is 1. The van der Waals surface area contributed by atoms with Gasteiger partial charge >= 0.3 is 0 Å². The van der Waals surface area contributed by atoms with Crippen LogP contribution < -0.4 is 0 Å². The molecule has 2 bridgehead atoms. The van der Waals surface area contributed by atoms with Crippen molar-refractivity contribution < 1.29 is 13.9 Å². The molecule has 0 saturated carbocycles. The molecule has 5 heteroatoms. The number of morpholine rings is 1. The first kappa shape index (κ1) is 12.1. The van der Waals surface area contributed by atoms with Crippen molar-refractivity contribution in [2.45, 2.75) is 25.0 Å². The normalized spacial score (nSPS) is 26.4. The minimum Gasteiger partial charge on any atom is -0.371 e. The van der Waals surface area contributed by atoms with Crippen LogP contribution in [0, 0.1) is 5.82 Å². The van der Waals surface area contributed by atoms with Crippen molar-refractivity contribution >= 4 is 21.8 Å². The highest BCUT2D eigenvalue weighted by molar-refractivity contribution is 9.10.